The molecule has 1 N–H and O–H groups in total. The maximum atomic E-state index is 12.3. The van der Waals surface area contributed by atoms with Crippen LogP contribution in [0.1, 0.15) is 53.4 Å². The molecule has 4 atom stereocenters. The third-order valence-electron chi connectivity index (χ3n) is 5.20. The molecule has 27 heavy (non-hydrogen) atoms. The maximum absolute atomic E-state index is 12.3. The molecule has 0 saturated carbocycles. The van der Waals surface area contributed by atoms with Gasteiger partial charge in [0, 0.05) is 12.3 Å². The smallest absolute Gasteiger partial charge is 0.138 e. The van der Waals surface area contributed by atoms with Crippen molar-refractivity contribution in [3.8, 4) is 12.3 Å². The largest absolute Gasteiger partial charge is 0.392 e. The summed E-state index contributed by atoms with van der Waals surface area (Å²) in [5.74, 6) is 2.82. The molecule has 0 aromatic heterocycles. The van der Waals surface area contributed by atoms with Crippen molar-refractivity contribution in [3.05, 3.63) is 22.3 Å². The molecule has 1 rings (SSSR count). The van der Waals surface area contributed by atoms with E-state index in [0.717, 1.165) is 39.7 Å². The first-order valence-corrected chi connectivity index (χ1v) is 12.2. The van der Waals surface area contributed by atoms with Gasteiger partial charge in [0.25, 0.3) is 0 Å². The third-order valence-corrected chi connectivity index (χ3v) is 7.45. The molecule has 0 radical (unpaired) electrons. The van der Waals surface area contributed by atoms with Gasteiger partial charge in [-0.25, -0.2) is 4.99 Å². The zero-order valence-corrected chi connectivity index (χ0v) is 19.1. The Morgan fingerprint density at radius 3 is 2.78 bits per heavy atom. The third kappa shape index (κ3) is 7.94. The number of terminal acetylenes is 1. The fraction of sp³-hybridized carbons (Fsp3) is 0.636. The average molecular weight is 408 g/mol. The minimum Gasteiger partial charge on any atom is -0.392 e. The summed E-state index contributed by atoms with van der Waals surface area (Å²) in [5, 5.41) is 12.0. The van der Waals surface area contributed by atoms with E-state index < -0.39 is 6.10 Å². The lowest BCUT2D eigenvalue weighted by atomic mass is 9.94. The fourth-order valence-corrected chi connectivity index (χ4v) is 5.38. The van der Waals surface area contributed by atoms with E-state index in [1.807, 2.05) is 27.0 Å². The molecule has 0 saturated heterocycles. The number of Topliss-reactive ketones (excluding diaryl/α,β-unsaturated/α-hetero) is 1. The Morgan fingerprint density at radius 1 is 1.48 bits per heavy atom. The van der Waals surface area contributed by atoms with Crippen LogP contribution >= 0.6 is 20.3 Å². The number of carbonyl (C=O) groups is 1. The number of thioether (sulfide) groups is 1. The van der Waals surface area contributed by atoms with Crippen LogP contribution in [0.15, 0.2) is 27.2 Å². The van der Waals surface area contributed by atoms with Crippen molar-refractivity contribution < 1.29 is 9.90 Å². The Labute approximate surface area is 171 Å². The molecule has 150 valence electrons. The lowest BCUT2D eigenvalue weighted by molar-refractivity contribution is -0.124. The minimum absolute atomic E-state index is 0.0308. The Bertz CT molecular complexity index is 631. The Kier molecular flexibility index (Phi) is 11.2. The van der Waals surface area contributed by atoms with E-state index in [-0.39, 0.29) is 24.0 Å². The van der Waals surface area contributed by atoms with Crippen LogP contribution in [0.2, 0.25) is 0 Å². The molecule has 0 amide bonds. The molecule has 4 unspecified atom stereocenters. The normalized spacial score (nSPS) is 20.8. The molecule has 0 aliphatic heterocycles. The van der Waals surface area contributed by atoms with E-state index in [0.29, 0.717) is 5.66 Å². The maximum Gasteiger partial charge on any atom is 0.138 e. The predicted octanol–water partition coefficient (Wildman–Crippen LogP) is 5.05. The highest BCUT2D eigenvalue weighted by Crippen LogP contribution is 2.42. The molecule has 3 nitrogen and oxygen atoms in total. The highest BCUT2D eigenvalue weighted by atomic mass is 32.2. The SMILES string of the molecule is C#C/C=N/C(=C\SC)C1=C(C)C(PCCC(C)C(=O)CC(O)C(C)C)CC1. The van der Waals surface area contributed by atoms with Gasteiger partial charge in [-0.3, -0.25) is 4.79 Å². The van der Waals surface area contributed by atoms with E-state index in [9.17, 15) is 9.90 Å². The van der Waals surface area contributed by atoms with Crippen molar-refractivity contribution in [3.63, 3.8) is 0 Å². The van der Waals surface area contributed by atoms with Crippen LogP contribution in [-0.4, -0.2) is 41.3 Å². The standard InChI is InChI=1S/C22H34NO2PS/c1-7-11-23-19(14-27-6)18-8-9-22(17(18)5)26-12-10-16(4)21(25)13-20(24)15(2)3/h1,11,14-16,20,22,24,26H,8-10,12-13H2,2-6H3/b19-14-,23-11+. The van der Waals surface area contributed by atoms with Crippen molar-refractivity contribution in [2.75, 3.05) is 12.4 Å². The highest BCUT2D eigenvalue weighted by Gasteiger charge is 2.25. The first kappa shape index (κ1) is 24.2. The van der Waals surface area contributed by atoms with Crippen LogP contribution in [0, 0.1) is 24.2 Å². The number of aliphatic hydroxyl groups excluding tert-OH is 1. The second kappa shape index (κ2) is 12.6. The quantitative estimate of drug-likeness (QED) is 0.296. The summed E-state index contributed by atoms with van der Waals surface area (Å²) < 4.78 is 0. The van der Waals surface area contributed by atoms with Crippen molar-refractivity contribution in [1.29, 1.82) is 0 Å². The lowest BCUT2D eigenvalue weighted by Crippen LogP contribution is -2.23. The first-order chi connectivity index (χ1) is 12.8. The van der Waals surface area contributed by atoms with Gasteiger partial charge in [-0.2, -0.15) is 0 Å². The van der Waals surface area contributed by atoms with E-state index in [1.54, 1.807) is 11.8 Å². The van der Waals surface area contributed by atoms with Crippen LogP contribution in [-0.2, 0) is 4.79 Å². The van der Waals surface area contributed by atoms with E-state index in [4.69, 9.17) is 6.42 Å². The van der Waals surface area contributed by atoms with Crippen molar-refractivity contribution in [1.82, 2.24) is 0 Å². The van der Waals surface area contributed by atoms with Gasteiger partial charge in [0.2, 0.25) is 0 Å². The zero-order valence-electron chi connectivity index (χ0n) is 17.3. The summed E-state index contributed by atoms with van der Waals surface area (Å²) in [4.78, 5) is 16.7. The summed E-state index contributed by atoms with van der Waals surface area (Å²) in [6, 6.07) is 0. The van der Waals surface area contributed by atoms with Gasteiger partial charge in [0.1, 0.15) is 5.78 Å². The van der Waals surface area contributed by atoms with Gasteiger partial charge >= 0.3 is 0 Å². The summed E-state index contributed by atoms with van der Waals surface area (Å²) in [5.41, 5.74) is 4.35. The summed E-state index contributed by atoms with van der Waals surface area (Å²) in [6.45, 7) is 8.11. The number of rotatable bonds is 11. The van der Waals surface area contributed by atoms with E-state index in [1.165, 1.54) is 17.4 Å². The second-order valence-corrected chi connectivity index (χ2v) is 9.85. The number of carbonyl (C=O) groups excluding carboxylic acids is 1. The molecular weight excluding hydrogens is 373 g/mol. The molecule has 0 heterocycles. The number of aliphatic hydroxyl groups is 1. The Morgan fingerprint density at radius 2 is 2.19 bits per heavy atom. The van der Waals surface area contributed by atoms with Gasteiger partial charge in [0.05, 0.1) is 18.0 Å². The van der Waals surface area contributed by atoms with E-state index >= 15 is 0 Å². The van der Waals surface area contributed by atoms with Crippen LogP contribution in [0.4, 0.5) is 0 Å². The number of nitrogens with zero attached hydrogens (tertiary/aromatic N) is 1. The number of ketones is 1. The monoisotopic (exact) mass is 407 g/mol. The van der Waals surface area contributed by atoms with Gasteiger partial charge in [-0.15, -0.1) is 26.8 Å². The number of hydrogen-bond donors (Lipinski definition) is 1. The first-order valence-electron chi connectivity index (χ1n) is 9.67. The van der Waals surface area contributed by atoms with Crippen LogP contribution in [0.3, 0.4) is 0 Å². The topological polar surface area (TPSA) is 49.7 Å². The van der Waals surface area contributed by atoms with Crippen LogP contribution < -0.4 is 0 Å². The minimum atomic E-state index is -0.518. The molecule has 1 aliphatic carbocycles. The Hall–Kier alpha value is -0.880. The fourth-order valence-electron chi connectivity index (χ4n) is 3.17. The predicted molar refractivity (Wildman–Crippen MR) is 122 cm³/mol. The highest BCUT2D eigenvalue weighted by molar-refractivity contribution is 8.01. The zero-order chi connectivity index (χ0) is 20.4. The van der Waals surface area contributed by atoms with Crippen LogP contribution in [0.25, 0.3) is 0 Å². The molecule has 0 fully saturated rings. The summed E-state index contributed by atoms with van der Waals surface area (Å²) in [6.07, 6.45) is 12.8. The van der Waals surface area contributed by atoms with Crippen molar-refractivity contribution >= 4 is 32.3 Å². The number of hydrogen-bond acceptors (Lipinski definition) is 4. The lowest BCUT2D eigenvalue weighted by Gasteiger charge is -2.18. The number of aliphatic imine (C=N–C) groups is 1. The number of allylic oxidation sites excluding steroid dienone is 2. The average Bonchev–Trinajstić information content (AvgIpc) is 2.99. The van der Waals surface area contributed by atoms with Gasteiger partial charge < -0.3 is 5.11 Å². The van der Waals surface area contributed by atoms with E-state index in [2.05, 4.69) is 23.2 Å². The molecule has 0 bridgehead atoms. The molecule has 5 heteroatoms. The molecule has 0 aromatic carbocycles. The molecule has 1 aliphatic rings. The molecular formula is C22H34NO2PS. The van der Waals surface area contributed by atoms with Crippen molar-refractivity contribution in [2.24, 2.45) is 16.8 Å². The summed E-state index contributed by atoms with van der Waals surface area (Å²) in [7, 11) is 0.827. The Balaban J connectivity index is 2.57. The molecule has 0 aromatic rings. The summed E-state index contributed by atoms with van der Waals surface area (Å²) >= 11 is 1.65. The van der Waals surface area contributed by atoms with Crippen molar-refractivity contribution in [2.45, 2.75) is 65.1 Å². The van der Waals surface area contributed by atoms with Gasteiger partial charge in [-0.05, 0) is 61.2 Å². The van der Waals surface area contributed by atoms with Gasteiger partial charge in [0.15, 0.2) is 0 Å². The van der Waals surface area contributed by atoms with Crippen LogP contribution in [0.5, 0.6) is 0 Å². The second-order valence-electron chi connectivity index (χ2n) is 7.54. The van der Waals surface area contributed by atoms with Gasteiger partial charge in [-0.1, -0.05) is 32.3 Å². The molecule has 0 spiro atoms.